The summed E-state index contributed by atoms with van der Waals surface area (Å²) in [4.78, 5) is 35.1. The fourth-order valence-electron chi connectivity index (χ4n) is 2.27. The van der Waals surface area contributed by atoms with Crippen LogP contribution in [0.25, 0.3) is 0 Å². The molecule has 3 N–H and O–H groups in total. The van der Waals surface area contributed by atoms with Crippen molar-refractivity contribution in [2.75, 3.05) is 17.7 Å². The van der Waals surface area contributed by atoms with Gasteiger partial charge >= 0.3 is 0 Å². The Morgan fingerprint density at radius 3 is 2.00 bits per heavy atom. The first-order chi connectivity index (χ1) is 13.4. The minimum Gasteiger partial charge on any atom is -0.497 e. The van der Waals surface area contributed by atoms with Crippen molar-refractivity contribution in [2.45, 2.75) is 20.3 Å². The van der Waals surface area contributed by atoms with Crippen LogP contribution in [0.3, 0.4) is 0 Å². The molecule has 0 radical (unpaired) electrons. The lowest BCUT2D eigenvalue weighted by Gasteiger charge is -2.07. The summed E-state index contributed by atoms with van der Waals surface area (Å²) in [6, 6.07) is 13.3. The average molecular weight is 382 g/mol. The zero-order valence-electron chi connectivity index (χ0n) is 15.9. The van der Waals surface area contributed by atoms with Gasteiger partial charge in [-0.05, 0) is 55.5 Å². The Labute approximate surface area is 163 Å². The smallest absolute Gasteiger partial charge is 0.271 e. The molecule has 3 amide bonds. The van der Waals surface area contributed by atoms with Crippen molar-refractivity contribution in [1.82, 2.24) is 5.43 Å². The predicted octanol–water partition coefficient (Wildman–Crippen LogP) is 2.79. The van der Waals surface area contributed by atoms with Crippen molar-refractivity contribution < 1.29 is 19.1 Å². The molecule has 0 saturated heterocycles. The van der Waals surface area contributed by atoms with Crippen molar-refractivity contribution in [3.8, 4) is 5.75 Å². The maximum atomic E-state index is 12.1. The molecule has 0 spiro atoms. The summed E-state index contributed by atoms with van der Waals surface area (Å²) in [5, 5.41) is 9.32. The van der Waals surface area contributed by atoms with Gasteiger partial charge in [-0.15, -0.1) is 0 Å². The fraction of sp³-hybridized carbons (Fsp3) is 0.200. The largest absolute Gasteiger partial charge is 0.497 e. The lowest BCUT2D eigenvalue weighted by Crippen LogP contribution is -2.21. The van der Waals surface area contributed by atoms with Crippen molar-refractivity contribution in [2.24, 2.45) is 5.10 Å². The molecular weight excluding hydrogens is 360 g/mol. The summed E-state index contributed by atoms with van der Waals surface area (Å²) in [6.45, 7) is 3.07. The van der Waals surface area contributed by atoms with Crippen LogP contribution in [-0.2, 0) is 9.59 Å². The monoisotopic (exact) mass is 382 g/mol. The number of hydrazone groups is 1. The molecule has 146 valence electrons. The van der Waals surface area contributed by atoms with E-state index in [4.69, 9.17) is 4.74 Å². The van der Waals surface area contributed by atoms with Crippen LogP contribution in [0.5, 0.6) is 5.75 Å². The van der Waals surface area contributed by atoms with Crippen molar-refractivity contribution in [3.05, 3.63) is 54.1 Å². The van der Waals surface area contributed by atoms with Gasteiger partial charge in [-0.2, -0.15) is 5.10 Å². The first-order valence-corrected chi connectivity index (χ1v) is 8.52. The van der Waals surface area contributed by atoms with E-state index in [1.54, 1.807) is 62.6 Å². The Kier molecular flexibility index (Phi) is 7.27. The third kappa shape index (κ3) is 6.56. The molecule has 0 atom stereocenters. The van der Waals surface area contributed by atoms with Gasteiger partial charge in [0.15, 0.2) is 0 Å². The molecule has 0 saturated carbocycles. The predicted molar refractivity (Wildman–Crippen MR) is 108 cm³/mol. The van der Waals surface area contributed by atoms with E-state index in [9.17, 15) is 14.4 Å². The number of carbonyl (C=O) groups is 3. The molecular formula is C20H22N4O4. The normalized spacial score (nSPS) is 10.8. The molecule has 2 aromatic rings. The highest BCUT2D eigenvalue weighted by molar-refractivity contribution is 6.06. The summed E-state index contributed by atoms with van der Waals surface area (Å²) in [6.07, 6.45) is 0.0241. The Morgan fingerprint density at radius 1 is 0.893 bits per heavy atom. The molecule has 0 unspecified atom stereocenters. The molecule has 2 aromatic carbocycles. The third-order valence-corrected chi connectivity index (χ3v) is 3.61. The molecule has 0 aliphatic carbocycles. The van der Waals surface area contributed by atoms with Gasteiger partial charge in [0, 0.05) is 29.6 Å². The highest BCUT2D eigenvalue weighted by Crippen LogP contribution is 2.14. The van der Waals surface area contributed by atoms with Crippen LogP contribution in [-0.4, -0.2) is 30.5 Å². The fourth-order valence-corrected chi connectivity index (χ4v) is 2.27. The number of methoxy groups -OCH3 is 1. The van der Waals surface area contributed by atoms with Gasteiger partial charge in [0.1, 0.15) is 5.75 Å². The van der Waals surface area contributed by atoms with Gasteiger partial charge in [-0.3, -0.25) is 14.4 Å². The van der Waals surface area contributed by atoms with Crippen molar-refractivity contribution in [3.63, 3.8) is 0 Å². The summed E-state index contributed by atoms with van der Waals surface area (Å²) in [7, 11) is 1.55. The summed E-state index contributed by atoms with van der Waals surface area (Å²) in [5.74, 6) is -0.165. The van der Waals surface area contributed by atoms with Gasteiger partial charge in [-0.25, -0.2) is 5.43 Å². The molecule has 0 fully saturated rings. The summed E-state index contributed by atoms with van der Waals surface area (Å²) in [5.41, 5.74) is 4.54. The van der Waals surface area contributed by atoms with E-state index >= 15 is 0 Å². The standard InChI is InChI=1S/C20H22N4O4/c1-13(23-24-20(27)15-4-10-18(28-3)11-5-15)12-19(26)22-17-8-6-16(7-9-17)21-14(2)25/h4-11H,12H2,1-3H3,(H,21,25)(H,22,26)(H,24,27). The zero-order valence-corrected chi connectivity index (χ0v) is 15.9. The zero-order chi connectivity index (χ0) is 20.5. The number of nitrogens with one attached hydrogen (secondary N) is 3. The Balaban J connectivity index is 1.85. The second kappa shape index (κ2) is 9.86. The second-order valence-corrected chi connectivity index (χ2v) is 6.00. The van der Waals surface area contributed by atoms with Crippen LogP contribution in [0, 0.1) is 0 Å². The SMILES string of the molecule is COc1ccc(C(=O)NN=C(C)CC(=O)Nc2ccc(NC(C)=O)cc2)cc1. The molecule has 0 heterocycles. The number of ether oxygens (including phenoxy) is 1. The number of amides is 3. The average Bonchev–Trinajstić information content (AvgIpc) is 2.67. The van der Waals surface area contributed by atoms with E-state index in [2.05, 4.69) is 21.2 Å². The van der Waals surface area contributed by atoms with Gasteiger partial charge in [0.2, 0.25) is 11.8 Å². The summed E-state index contributed by atoms with van der Waals surface area (Å²) >= 11 is 0. The Bertz CT molecular complexity index is 874. The van der Waals surface area contributed by atoms with Crippen LogP contribution in [0.2, 0.25) is 0 Å². The van der Waals surface area contributed by atoms with E-state index in [1.807, 2.05) is 0 Å². The third-order valence-electron chi connectivity index (χ3n) is 3.61. The van der Waals surface area contributed by atoms with Crippen LogP contribution in [0.4, 0.5) is 11.4 Å². The van der Waals surface area contributed by atoms with Gasteiger partial charge in [0.25, 0.3) is 5.91 Å². The molecule has 0 aliphatic heterocycles. The minimum absolute atomic E-state index is 0.0241. The number of hydrogen-bond acceptors (Lipinski definition) is 5. The van der Waals surface area contributed by atoms with Gasteiger partial charge in [-0.1, -0.05) is 0 Å². The van der Waals surface area contributed by atoms with E-state index in [0.717, 1.165) is 0 Å². The number of nitrogens with zero attached hydrogens (tertiary/aromatic N) is 1. The topological polar surface area (TPSA) is 109 Å². The van der Waals surface area contributed by atoms with E-state index in [1.165, 1.54) is 6.92 Å². The number of anilines is 2. The molecule has 0 bridgehead atoms. The van der Waals surface area contributed by atoms with E-state index < -0.39 is 0 Å². The number of benzene rings is 2. The first-order valence-electron chi connectivity index (χ1n) is 8.52. The van der Waals surface area contributed by atoms with Crippen LogP contribution >= 0.6 is 0 Å². The molecule has 8 nitrogen and oxygen atoms in total. The van der Waals surface area contributed by atoms with Crippen LogP contribution < -0.4 is 20.8 Å². The lowest BCUT2D eigenvalue weighted by molar-refractivity contribution is -0.115. The van der Waals surface area contributed by atoms with Crippen molar-refractivity contribution in [1.29, 1.82) is 0 Å². The Morgan fingerprint density at radius 2 is 1.46 bits per heavy atom. The first kappa shape index (κ1) is 20.6. The molecule has 2 rings (SSSR count). The second-order valence-electron chi connectivity index (χ2n) is 6.00. The van der Waals surface area contributed by atoms with Crippen molar-refractivity contribution >= 4 is 34.8 Å². The number of rotatable bonds is 7. The van der Waals surface area contributed by atoms with Crippen LogP contribution in [0.15, 0.2) is 53.6 Å². The molecule has 8 heteroatoms. The van der Waals surface area contributed by atoms with Gasteiger partial charge < -0.3 is 15.4 Å². The quantitative estimate of drug-likeness (QED) is 0.505. The maximum absolute atomic E-state index is 12.1. The highest BCUT2D eigenvalue weighted by atomic mass is 16.5. The molecule has 0 aromatic heterocycles. The van der Waals surface area contributed by atoms with E-state index in [-0.39, 0.29) is 24.1 Å². The summed E-state index contributed by atoms with van der Waals surface area (Å²) < 4.78 is 5.04. The molecule has 28 heavy (non-hydrogen) atoms. The van der Waals surface area contributed by atoms with Gasteiger partial charge in [0.05, 0.1) is 13.5 Å². The maximum Gasteiger partial charge on any atom is 0.271 e. The molecule has 0 aliphatic rings. The number of hydrogen-bond donors (Lipinski definition) is 3. The Hall–Kier alpha value is -3.68. The minimum atomic E-state index is -0.379. The lowest BCUT2D eigenvalue weighted by atomic mass is 10.2. The van der Waals surface area contributed by atoms with E-state index in [0.29, 0.717) is 28.4 Å². The number of carbonyl (C=O) groups excluding carboxylic acids is 3. The highest BCUT2D eigenvalue weighted by Gasteiger charge is 2.08. The van der Waals surface area contributed by atoms with Crippen LogP contribution in [0.1, 0.15) is 30.6 Å².